The van der Waals surface area contributed by atoms with Crippen LogP contribution in [0.2, 0.25) is 0 Å². The van der Waals surface area contributed by atoms with E-state index in [1.54, 1.807) is 12.3 Å². The Kier molecular flexibility index (Phi) is 3.99. The highest BCUT2D eigenvalue weighted by Gasteiger charge is 2.41. The van der Waals surface area contributed by atoms with Gasteiger partial charge < -0.3 is 10.2 Å². The molecular formula is C18H20N4O3. The van der Waals surface area contributed by atoms with Gasteiger partial charge in [0.05, 0.1) is 24.0 Å². The number of nitrogens with zero attached hydrogens (tertiary/aromatic N) is 3. The lowest BCUT2D eigenvalue weighted by Crippen LogP contribution is -2.36. The van der Waals surface area contributed by atoms with Gasteiger partial charge in [0.15, 0.2) is 0 Å². The molecule has 0 spiro atoms. The van der Waals surface area contributed by atoms with Gasteiger partial charge in [-0.3, -0.25) is 14.4 Å². The highest BCUT2D eigenvalue weighted by molar-refractivity contribution is 5.89. The molecule has 2 heterocycles. The van der Waals surface area contributed by atoms with Crippen LogP contribution in [0, 0.1) is 5.92 Å². The van der Waals surface area contributed by atoms with Gasteiger partial charge in [-0.05, 0) is 18.9 Å². The van der Waals surface area contributed by atoms with E-state index in [1.807, 2.05) is 23.1 Å². The lowest BCUT2D eigenvalue weighted by atomic mass is 10.1. The van der Waals surface area contributed by atoms with E-state index in [4.69, 9.17) is 0 Å². The summed E-state index contributed by atoms with van der Waals surface area (Å²) < 4.78 is 1.36. The van der Waals surface area contributed by atoms with Crippen LogP contribution in [-0.2, 0) is 16.1 Å². The third-order valence-electron chi connectivity index (χ3n) is 4.90. The normalized spacial score (nSPS) is 20.2. The Balaban J connectivity index is 1.35. The zero-order valence-corrected chi connectivity index (χ0v) is 13.9. The fraction of sp³-hybridized carbons (Fsp3) is 0.444. The first-order valence-electron chi connectivity index (χ1n) is 8.65. The lowest BCUT2D eigenvalue weighted by Gasteiger charge is -2.15. The molecule has 2 fully saturated rings. The van der Waals surface area contributed by atoms with E-state index < -0.39 is 0 Å². The van der Waals surface area contributed by atoms with Gasteiger partial charge in [-0.15, -0.1) is 0 Å². The maximum atomic E-state index is 12.4. The Bertz CT molecular complexity index is 887. The van der Waals surface area contributed by atoms with E-state index in [2.05, 4.69) is 10.4 Å². The van der Waals surface area contributed by atoms with Gasteiger partial charge in [0.25, 0.3) is 5.56 Å². The van der Waals surface area contributed by atoms with Crippen molar-refractivity contribution in [1.82, 2.24) is 20.0 Å². The molecule has 2 amide bonds. The Morgan fingerprint density at radius 3 is 2.84 bits per heavy atom. The zero-order valence-electron chi connectivity index (χ0n) is 13.9. The number of aromatic nitrogens is 2. The molecule has 7 nitrogen and oxygen atoms in total. The van der Waals surface area contributed by atoms with Crippen LogP contribution in [0.3, 0.4) is 0 Å². The van der Waals surface area contributed by atoms with Gasteiger partial charge in [0.2, 0.25) is 11.8 Å². The third-order valence-corrected chi connectivity index (χ3v) is 4.90. The molecule has 0 bridgehead atoms. The van der Waals surface area contributed by atoms with E-state index in [0.717, 1.165) is 18.2 Å². The second kappa shape index (κ2) is 6.31. The second-order valence-electron chi connectivity index (χ2n) is 6.73. The van der Waals surface area contributed by atoms with Crippen molar-refractivity contribution in [1.29, 1.82) is 0 Å². The molecule has 7 heteroatoms. The zero-order chi connectivity index (χ0) is 17.4. The minimum absolute atomic E-state index is 0.0788. The Labute approximate surface area is 144 Å². The predicted octanol–water partition coefficient (Wildman–Crippen LogP) is 0.524. The highest BCUT2D eigenvalue weighted by Crippen LogP contribution is 2.32. The summed E-state index contributed by atoms with van der Waals surface area (Å²) in [5.74, 6) is -0.324. The standard InChI is InChI=1S/C18H20N4O3/c23-16-9-13(11-21(16)14-5-6-14)17(24)19-7-8-22-18(25)15-4-2-1-3-12(15)10-20-22/h1-4,10,13-14H,5-9,11H2,(H,19,24)/t13-/m0/s1. The third kappa shape index (κ3) is 3.14. The van der Waals surface area contributed by atoms with Crippen molar-refractivity contribution in [3.63, 3.8) is 0 Å². The van der Waals surface area contributed by atoms with Gasteiger partial charge in [0, 0.05) is 30.9 Å². The molecule has 1 aliphatic carbocycles. The van der Waals surface area contributed by atoms with E-state index >= 15 is 0 Å². The number of benzene rings is 1. The monoisotopic (exact) mass is 340 g/mol. The van der Waals surface area contributed by atoms with Crippen molar-refractivity contribution in [2.75, 3.05) is 13.1 Å². The molecule has 1 saturated carbocycles. The fourth-order valence-corrected chi connectivity index (χ4v) is 3.36. The summed E-state index contributed by atoms with van der Waals surface area (Å²) in [4.78, 5) is 38.4. The largest absolute Gasteiger partial charge is 0.354 e. The van der Waals surface area contributed by atoms with Gasteiger partial charge in [-0.2, -0.15) is 5.10 Å². The van der Waals surface area contributed by atoms with Crippen LogP contribution >= 0.6 is 0 Å². The first-order chi connectivity index (χ1) is 12.1. The van der Waals surface area contributed by atoms with E-state index in [1.165, 1.54) is 4.68 Å². The minimum atomic E-state index is -0.283. The average molecular weight is 340 g/mol. The Morgan fingerprint density at radius 1 is 1.24 bits per heavy atom. The molecule has 4 rings (SSSR count). The van der Waals surface area contributed by atoms with Crippen LogP contribution in [-0.4, -0.2) is 45.6 Å². The molecule has 0 radical (unpaired) electrons. The van der Waals surface area contributed by atoms with Crippen molar-refractivity contribution in [3.05, 3.63) is 40.8 Å². The number of carbonyl (C=O) groups excluding carboxylic acids is 2. The van der Waals surface area contributed by atoms with Crippen LogP contribution in [0.25, 0.3) is 10.8 Å². The molecule has 1 aliphatic heterocycles. The SMILES string of the molecule is O=C(NCCn1ncc2ccccc2c1=O)[C@H]1CC(=O)N(C2CC2)C1. The topological polar surface area (TPSA) is 84.3 Å². The quantitative estimate of drug-likeness (QED) is 0.860. The van der Waals surface area contributed by atoms with Crippen molar-refractivity contribution >= 4 is 22.6 Å². The second-order valence-corrected chi connectivity index (χ2v) is 6.73. The summed E-state index contributed by atoms with van der Waals surface area (Å²) in [6.07, 6.45) is 4.05. The maximum Gasteiger partial charge on any atom is 0.274 e. The first-order valence-corrected chi connectivity index (χ1v) is 8.65. The summed E-state index contributed by atoms with van der Waals surface area (Å²) in [7, 11) is 0. The molecule has 130 valence electrons. The number of rotatable bonds is 5. The molecule has 2 aliphatic rings. The van der Waals surface area contributed by atoms with Gasteiger partial charge >= 0.3 is 0 Å². The van der Waals surface area contributed by atoms with E-state index in [9.17, 15) is 14.4 Å². The fourth-order valence-electron chi connectivity index (χ4n) is 3.36. The highest BCUT2D eigenvalue weighted by atomic mass is 16.2. The number of hydrogen-bond acceptors (Lipinski definition) is 4. The van der Waals surface area contributed by atoms with Crippen LogP contribution in [0.15, 0.2) is 35.3 Å². The maximum absolute atomic E-state index is 12.4. The molecule has 0 unspecified atom stereocenters. The molecule has 1 saturated heterocycles. The molecule has 1 N–H and O–H groups in total. The summed E-state index contributed by atoms with van der Waals surface area (Å²) in [5.41, 5.74) is -0.164. The van der Waals surface area contributed by atoms with Crippen LogP contribution in [0.4, 0.5) is 0 Å². The van der Waals surface area contributed by atoms with Gasteiger partial charge in [-0.25, -0.2) is 4.68 Å². The minimum Gasteiger partial charge on any atom is -0.354 e. The molecule has 1 aromatic heterocycles. The van der Waals surface area contributed by atoms with Gasteiger partial charge in [-0.1, -0.05) is 18.2 Å². The number of nitrogens with one attached hydrogen (secondary N) is 1. The summed E-state index contributed by atoms with van der Waals surface area (Å²) in [5, 5.41) is 8.40. The number of amides is 2. The molecule has 1 atom stereocenters. The van der Waals surface area contributed by atoms with Crippen molar-refractivity contribution in [3.8, 4) is 0 Å². The Morgan fingerprint density at radius 2 is 2.04 bits per heavy atom. The van der Waals surface area contributed by atoms with Crippen LogP contribution in [0.5, 0.6) is 0 Å². The smallest absolute Gasteiger partial charge is 0.274 e. The van der Waals surface area contributed by atoms with E-state index in [0.29, 0.717) is 31.1 Å². The summed E-state index contributed by atoms with van der Waals surface area (Å²) >= 11 is 0. The number of hydrogen-bond donors (Lipinski definition) is 1. The number of likely N-dealkylation sites (tertiary alicyclic amines) is 1. The molecule has 1 aromatic carbocycles. The number of carbonyl (C=O) groups is 2. The molecule has 2 aromatic rings. The molecular weight excluding hydrogens is 320 g/mol. The summed E-state index contributed by atoms with van der Waals surface area (Å²) in [6, 6.07) is 7.65. The average Bonchev–Trinajstić information content (AvgIpc) is 3.39. The van der Waals surface area contributed by atoms with Gasteiger partial charge in [0.1, 0.15) is 0 Å². The predicted molar refractivity (Wildman–Crippen MR) is 91.9 cm³/mol. The van der Waals surface area contributed by atoms with Crippen LogP contribution < -0.4 is 10.9 Å². The number of fused-ring (bicyclic) bond motifs is 1. The first kappa shape index (κ1) is 15.8. The lowest BCUT2D eigenvalue weighted by molar-refractivity contribution is -0.129. The van der Waals surface area contributed by atoms with Crippen molar-refractivity contribution in [2.24, 2.45) is 5.92 Å². The summed E-state index contributed by atoms with van der Waals surface area (Å²) in [6.45, 7) is 1.14. The van der Waals surface area contributed by atoms with E-state index in [-0.39, 0.29) is 29.7 Å². The molecule has 25 heavy (non-hydrogen) atoms. The van der Waals surface area contributed by atoms with Crippen LogP contribution in [0.1, 0.15) is 19.3 Å². The van der Waals surface area contributed by atoms with Crippen molar-refractivity contribution < 1.29 is 9.59 Å². The van der Waals surface area contributed by atoms with Crippen molar-refractivity contribution in [2.45, 2.75) is 31.8 Å². The Hall–Kier alpha value is -2.70.